The summed E-state index contributed by atoms with van der Waals surface area (Å²) in [5.74, 6) is 0. The first-order chi connectivity index (χ1) is 7.81. The largest absolute Gasteiger partial charge is 0.0984 e. The van der Waals surface area contributed by atoms with Gasteiger partial charge in [0.25, 0.3) is 0 Å². The summed E-state index contributed by atoms with van der Waals surface area (Å²) in [7, 11) is 0. The summed E-state index contributed by atoms with van der Waals surface area (Å²) >= 11 is 0. The molecule has 84 valence electrons. The van der Waals surface area contributed by atoms with Gasteiger partial charge in [0.1, 0.15) is 0 Å². The van der Waals surface area contributed by atoms with Gasteiger partial charge in [-0.05, 0) is 49.3 Å². The van der Waals surface area contributed by atoms with E-state index in [0.29, 0.717) is 0 Å². The predicted molar refractivity (Wildman–Crippen MR) is 72.4 cm³/mol. The lowest BCUT2D eigenvalue weighted by Crippen LogP contribution is -1.92. The molecule has 0 atom stereocenters. The number of hydrogen-bond donors (Lipinski definition) is 0. The highest BCUT2D eigenvalue weighted by Gasteiger charge is 2.06. The van der Waals surface area contributed by atoms with Crippen molar-refractivity contribution in [2.75, 3.05) is 0 Å². The van der Waals surface area contributed by atoms with Crippen molar-refractivity contribution in [3.8, 4) is 0 Å². The van der Waals surface area contributed by atoms with Crippen LogP contribution in [-0.4, -0.2) is 0 Å². The van der Waals surface area contributed by atoms with Gasteiger partial charge in [0.2, 0.25) is 0 Å². The molecule has 2 rings (SSSR count). The molecule has 16 heavy (non-hydrogen) atoms. The first kappa shape index (κ1) is 11.2. The SMILES string of the molecule is C=Cc1cccc2c1/C=C(\C)CCCCC2. The molecule has 0 amide bonds. The molecule has 0 fully saturated rings. The summed E-state index contributed by atoms with van der Waals surface area (Å²) in [6.45, 7) is 6.16. The maximum atomic E-state index is 3.91. The summed E-state index contributed by atoms with van der Waals surface area (Å²) < 4.78 is 0. The second-order valence-corrected chi connectivity index (χ2v) is 4.68. The molecule has 0 bridgehead atoms. The number of hydrogen-bond acceptors (Lipinski definition) is 0. The number of rotatable bonds is 1. The zero-order valence-corrected chi connectivity index (χ0v) is 10.1. The highest BCUT2D eigenvalue weighted by Crippen LogP contribution is 2.25. The predicted octanol–water partition coefficient (Wildman–Crippen LogP) is 4.85. The van der Waals surface area contributed by atoms with Crippen LogP contribution in [0.3, 0.4) is 0 Å². The number of allylic oxidation sites excluding steroid dienone is 1. The van der Waals surface area contributed by atoms with Crippen molar-refractivity contribution in [3.05, 3.63) is 47.0 Å². The quantitative estimate of drug-likeness (QED) is 0.624. The summed E-state index contributed by atoms with van der Waals surface area (Å²) in [5.41, 5.74) is 5.66. The molecule has 0 unspecified atom stereocenters. The van der Waals surface area contributed by atoms with Gasteiger partial charge in [-0.15, -0.1) is 0 Å². The lowest BCUT2D eigenvalue weighted by Gasteiger charge is -2.09. The van der Waals surface area contributed by atoms with Crippen molar-refractivity contribution in [1.82, 2.24) is 0 Å². The summed E-state index contributed by atoms with van der Waals surface area (Å²) in [4.78, 5) is 0. The van der Waals surface area contributed by atoms with Gasteiger partial charge in [-0.3, -0.25) is 0 Å². The summed E-state index contributed by atoms with van der Waals surface area (Å²) in [6.07, 6.45) is 10.8. The number of fused-ring (bicyclic) bond motifs is 1. The first-order valence-corrected chi connectivity index (χ1v) is 6.23. The zero-order chi connectivity index (χ0) is 11.4. The standard InChI is InChI=1S/C16H20/c1-3-14-10-7-11-15-9-6-4-5-8-13(2)12-16(14)15/h3,7,10-12H,1,4-6,8-9H2,2H3/b13-12+. The van der Waals surface area contributed by atoms with E-state index in [9.17, 15) is 0 Å². The van der Waals surface area contributed by atoms with Crippen LogP contribution in [-0.2, 0) is 6.42 Å². The highest BCUT2D eigenvalue weighted by atomic mass is 14.1. The van der Waals surface area contributed by atoms with Crippen molar-refractivity contribution in [3.63, 3.8) is 0 Å². The second kappa shape index (κ2) is 5.16. The monoisotopic (exact) mass is 212 g/mol. The van der Waals surface area contributed by atoms with Crippen molar-refractivity contribution in [2.45, 2.75) is 39.0 Å². The first-order valence-electron chi connectivity index (χ1n) is 6.23. The smallest absolute Gasteiger partial charge is 0.0153 e. The van der Waals surface area contributed by atoms with Crippen LogP contribution in [0.5, 0.6) is 0 Å². The number of aryl methyl sites for hydroxylation is 1. The molecule has 0 aromatic heterocycles. The fourth-order valence-corrected chi connectivity index (χ4v) is 2.42. The van der Waals surface area contributed by atoms with E-state index in [1.165, 1.54) is 54.4 Å². The van der Waals surface area contributed by atoms with E-state index in [-0.39, 0.29) is 0 Å². The van der Waals surface area contributed by atoms with Crippen LogP contribution in [0.2, 0.25) is 0 Å². The molecule has 0 saturated carbocycles. The average Bonchev–Trinajstić information content (AvgIpc) is 2.38. The van der Waals surface area contributed by atoms with Crippen LogP contribution in [0.1, 0.15) is 49.3 Å². The van der Waals surface area contributed by atoms with Crippen molar-refractivity contribution < 1.29 is 0 Å². The minimum atomic E-state index is 1.21. The minimum absolute atomic E-state index is 1.21. The van der Waals surface area contributed by atoms with Crippen LogP contribution in [0.4, 0.5) is 0 Å². The third kappa shape index (κ3) is 2.44. The fraction of sp³-hybridized carbons (Fsp3) is 0.375. The van der Waals surface area contributed by atoms with Gasteiger partial charge >= 0.3 is 0 Å². The Kier molecular flexibility index (Phi) is 3.61. The van der Waals surface area contributed by atoms with E-state index in [1.54, 1.807) is 0 Å². The van der Waals surface area contributed by atoms with Crippen molar-refractivity contribution in [1.29, 1.82) is 0 Å². The molecule has 0 radical (unpaired) electrons. The molecule has 1 aromatic rings. The van der Waals surface area contributed by atoms with Crippen LogP contribution in [0.25, 0.3) is 12.2 Å². The Morgan fingerprint density at radius 2 is 1.94 bits per heavy atom. The van der Waals surface area contributed by atoms with Crippen LogP contribution in [0, 0.1) is 0 Å². The van der Waals surface area contributed by atoms with E-state index >= 15 is 0 Å². The molecule has 0 spiro atoms. The van der Waals surface area contributed by atoms with Gasteiger partial charge in [-0.1, -0.05) is 48.9 Å². The Bertz CT molecular complexity index is 410. The topological polar surface area (TPSA) is 0 Å². The third-order valence-electron chi connectivity index (χ3n) is 3.36. The van der Waals surface area contributed by atoms with Crippen molar-refractivity contribution in [2.24, 2.45) is 0 Å². The van der Waals surface area contributed by atoms with E-state index in [0.717, 1.165) is 0 Å². The van der Waals surface area contributed by atoms with Gasteiger partial charge < -0.3 is 0 Å². The molecule has 0 aliphatic heterocycles. The van der Waals surface area contributed by atoms with E-state index in [1.807, 2.05) is 6.08 Å². The van der Waals surface area contributed by atoms with Gasteiger partial charge in [0, 0.05) is 0 Å². The molecule has 0 heterocycles. The van der Waals surface area contributed by atoms with E-state index in [2.05, 4.69) is 37.8 Å². The Morgan fingerprint density at radius 3 is 2.75 bits per heavy atom. The van der Waals surface area contributed by atoms with Gasteiger partial charge in [0.05, 0.1) is 0 Å². The van der Waals surface area contributed by atoms with Crippen LogP contribution in [0.15, 0.2) is 30.4 Å². The molecule has 0 saturated heterocycles. The fourth-order valence-electron chi connectivity index (χ4n) is 2.42. The molecular weight excluding hydrogens is 192 g/mol. The molecule has 1 aromatic carbocycles. The van der Waals surface area contributed by atoms with Crippen LogP contribution >= 0.6 is 0 Å². The highest BCUT2D eigenvalue weighted by molar-refractivity contribution is 5.68. The lowest BCUT2D eigenvalue weighted by molar-refractivity contribution is 0.680. The molecule has 1 aliphatic carbocycles. The second-order valence-electron chi connectivity index (χ2n) is 4.68. The molecular formula is C16H20. The Morgan fingerprint density at radius 1 is 1.12 bits per heavy atom. The normalized spacial score (nSPS) is 19.7. The van der Waals surface area contributed by atoms with Gasteiger partial charge in [-0.2, -0.15) is 0 Å². The Hall–Kier alpha value is -1.30. The maximum absolute atomic E-state index is 3.91. The molecule has 0 nitrogen and oxygen atoms in total. The van der Waals surface area contributed by atoms with Gasteiger partial charge in [0.15, 0.2) is 0 Å². The minimum Gasteiger partial charge on any atom is -0.0984 e. The maximum Gasteiger partial charge on any atom is -0.0153 e. The van der Waals surface area contributed by atoms with E-state index < -0.39 is 0 Å². The zero-order valence-electron chi connectivity index (χ0n) is 10.1. The van der Waals surface area contributed by atoms with Crippen molar-refractivity contribution >= 4 is 12.2 Å². The summed E-state index contributed by atoms with van der Waals surface area (Å²) in [5, 5.41) is 0. The number of benzene rings is 1. The molecule has 0 N–H and O–H groups in total. The Labute approximate surface area is 98.7 Å². The van der Waals surface area contributed by atoms with Gasteiger partial charge in [-0.25, -0.2) is 0 Å². The third-order valence-corrected chi connectivity index (χ3v) is 3.36. The molecule has 1 aliphatic rings. The summed E-state index contributed by atoms with van der Waals surface area (Å²) in [6, 6.07) is 6.57. The average molecular weight is 212 g/mol. The Balaban J connectivity index is 2.49. The lowest BCUT2D eigenvalue weighted by atomic mass is 9.96. The van der Waals surface area contributed by atoms with E-state index in [4.69, 9.17) is 0 Å². The van der Waals surface area contributed by atoms with Crippen LogP contribution < -0.4 is 0 Å². The molecule has 0 heteroatoms.